The van der Waals surface area contributed by atoms with Crippen LogP contribution in [0.15, 0.2) is 72.8 Å². The van der Waals surface area contributed by atoms with Gasteiger partial charge in [0.2, 0.25) is 0 Å². The van der Waals surface area contributed by atoms with Crippen LogP contribution in [0.25, 0.3) is 27.5 Å². The van der Waals surface area contributed by atoms with E-state index >= 15 is 0 Å². The number of hydrogen-bond acceptors (Lipinski definition) is 2. The number of carbonyl (C=O) groups is 1. The summed E-state index contributed by atoms with van der Waals surface area (Å²) in [5, 5.41) is 5.99. The second-order valence-corrected chi connectivity index (χ2v) is 9.06. The Hall–Kier alpha value is -2.95. The summed E-state index contributed by atoms with van der Waals surface area (Å²) in [7, 11) is 0. The fraction of sp³-hybridized carbons (Fsp3) is 0.296. The molecular weight excluding hydrogens is 382 g/mol. The average Bonchev–Trinajstić information content (AvgIpc) is 3.58. The second-order valence-electron chi connectivity index (χ2n) is 9.06. The lowest BCUT2D eigenvalue weighted by molar-refractivity contribution is -0.860. The van der Waals surface area contributed by atoms with Gasteiger partial charge in [0.1, 0.15) is 6.04 Å². The number of fused-ring (bicyclic) bond motifs is 3. The molecule has 1 N–H and O–H groups in total. The SMILES string of the molecule is O=C(c1ccc(-n2c3ccccc3c3ccccc32)cc1)[N+]1([C@H]2CCNC2)CCCC1. The van der Waals surface area contributed by atoms with Crippen LogP contribution in [0.3, 0.4) is 0 Å². The molecule has 0 aliphatic carbocycles. The average molecular weight is 411 g/mol. The minimum atomic E-state index is 0.306. The van der Waals surface area contributed by atoms with Crippen LogP contribution in [-0.4, -0.2) is 47.2 Å². The van der Waals surface area contributed by atoms with E-state index in [1.165, 1.54) is 21.8 Å². The van der Waals surface area contributed by atoms with Crippen molar-refractivity contribution >= 4 is 27.7 Å². The van der Waals surface area contributed by atoms with Crippen LogP contribution in [0, 0.1) is 0 Å². The Morgan fingerprint density at radius 2 is 1.45 bits per heavy atom. The second kappa shape index (κ2) is 7.33. The van der Waals surface area contributed by atoms with Crippen LogP contribution < -0.4 is 5.32 Å². The normalized spacial score (nSPS) is 20.6. The van der Waals surface area contributed by atoms with Gasteiger partial charge in [0.05, 0.1) is 29.7 Å². The highest BCUT2D eigenvalue weighted by atomic mass is 16.2. The van der Waals surface area contributed by atoms with E-state index < -0.39 is 0 Å². The molecule has 1 atom stereocenters. The van der Waals surface area contributed by atoms with Crippen molar-refractivity contribution < 1.29 is 9.28 Å². The fourth-order valence-electron chi connectivity index (χ4n) is 5.91. The fourth-order valence-corrected chi connectivity index (χ4v) is 5.91. The van der Waals surface area contributed by atoms with E-state index in [0.29, 0.717) is 16.4 Å². The molecule has 31 heavy (non-hydrogen) atoms. The van der Waals surface area contributed by atoms with Gasteiger partial charge in [-0.3, -0.25) is 4.48 Å². The summed E-state index contributed by atoms with van der Waals surface area (Å²) in [6.45, 7) is 3.97. The van der Waals surface area contributed by atoms with Crippen LogP contribution in [0.4, 0.5) is 0 Å². The number of carbonyl (C=O) groups excluding carboxylic acids is 1. The molecule has 2 aliphatic rings. The van der Waals surface area contributed by atoms with Gasteiger partial charge in [-0.05, 0) is 36.4 Å². The Kier molecular flexibility index (Phi) is 4.44. The summed E-state index contributed by atoms with van der Waals surface area (Å²) in [4.78, 5) is 13.7. The molecule has 3 aromatic carbocycles. The van der Waals surface area contributed by atoms with Gasteiger partial charge in [0.15, 0.2) is 0 Å². The molecule has 6 rings (SSSR count). The Labute approximate surface area is 182 Å². The zero-order valence-electron chi connectivity index (χ0n) is 17.8. The lowest BCUT2D eigenvalue weighted by atomic mass is 10.1. The van der Waals surface area contributed by atoms with Crippen molar-refractivity contribution in [2.45, 2.75) is 25.3 Å². The third-order valence-electron chi connectivity index (χ3n) is 7.45. The minimum Gasteiger partial charge on any atom is -0.311 e. The molecule has 0 radical (unpaired) electrons. The number of nitrogens with zero attached hydrogens (tertiary/aromatic N) is 2. The molecule has 4 nitrogen and oxygen atoms in total. The topological polar surface area (TPSA) is 34.0 Å². The highest BCUT2D eigenvalue weighted by Gasteiger charge is 2.47. The van der Waals surface area contributed by atoms with Gasteiger partial charge >= 0.3 is 5.91 Å². The van der Waals surface area contributed by atoms with Crippen LogP contribution in [0.5, 0.6) is 0 Å². The number of para-hydroxylation sites is 2. The molecule has 2 fully saturated rings. The molecule has 2 saturated heterocycles. The zero-order chi connectivity index (χ0) is 20.8. The van der Waals surface area contributed by atoms with Crippen molar-refractivity contribution in [3.8, 4) is 5.69 Å². The first kappa shape index (κ1) is 18.8. The van der Waals surface area contributed by atoms with Crippen molar-refractivity contribution in [1.82, 2.24) is 9.88 Å². The lowest BCUT2D eigenvalue weighted by Crippen LogP contribution is -2.58. The predicted octanol–water partition coefficient (Wildman–Crippen LogP) is 4.90. The lowest BCUT2D eigenvalue weighted by Gasteiger charge is -2.36. The first-order valence-electron chi connectivity index (χ1n) is 11.5. The van der Waals surface area contributed by atoms with Crippen LogP contribution in [-0.2, 0) is 0 Å². The van der Waals surface area contributed by atoms with Gasteiger partial charge in [-0.15, -0.1) is 0 Å². The van der Waals surface area contributed by atoms with Crippen molar-refractivity contribution in [3.63, 3.8) is 0 Å². The van der Waals surface area contributed by atoms with E-state index in [2.05, 4.69) is 70.5 Å². The smallest absolute Gasteiger partial charge is 0.311 e. The van der Waals surface area contributed by atoms with Gasteiger partial charge in [-0.1, -0.05) is 36.4 Å². The quantitative estimate of drug-likeness (QED) is 0.488. The number of hydrogen-bond donors (Lipinski definition) is 1. The predicted molar refractivity (Wildman–Crippen MR) is 126 cm³/mol. The zero-order valence-corrected chi connectivity index (χ0v) is 17.8. The molecule has 4 aromatic rings. The van der Waals surface area contributed by atoms with E-state index in [1.54, 1.807) is 0 Å². The Morgan fingerprint density at radius 3 is 2.03 bits per heavy atom. The third-order valence-corrected chi connectivity index (χ3v) is 7.45. The van der Waals surface area contributed by atoms with Crippen molar-refractivity contribution in [2.75, 3.05) is 26.2 Å². The molecule has 1 aromatic heterocycles. The number of amides is 1. The van der Waals surface area contributed by atoms with E-state index in [4.69, 9.17) is 0 Å². The molecule has 4 heteroatoms. The molecule has 156 valence electrons. The maximum absolute atomic E-state index is 13.7. The summed E-state index contributed by atoms with van der Waals surface area (Å²) in [6, 6.07) is 25.8. The van der Waals surface area contributed by atoms with Crippen molar-refractivity contribution in [3.05, 3.63) is 78.4 Å². The standard InChI is InChI=1S/C27H28N3O/c31-27(30(17-5-6-18-30)22-15-16-28-19-22)20-11-13-21(14-12-20)29-25-9-3-1-7-23(25)24-8-2-4-10-26(24)29/h1-4,7-14,22,28H,5-6,15-19H2/q+1/t22-/m0/s1. The number of rotatable bonds is 3. The van der Waals surface area contributed by atoms with E-state index in [1.807, 2.05) is 12.1 Å². The Bertz CT molecular complexity index is 1210. The Morgan fingerprint density at radius 1 is 0.839 bits per heavy atom. The molecule has 3 heterocycles. The maximum atomic E-state index is 13.7. The van der Waals surface area contributed by atoms with Crippen molar-refractivity contribution in [2.24, 2.45) is 0 Å². The first-order valence-corrected chi connectivity index (χ1v) is 11.5. The van der Waals surface area contributed by atoms with Crippen LogP contribution in [0.2, 0.25) is 0 Å². The molecule has 0 spiro atoms. The summed E-state index contributed by atoms with van der Waals surface area (Å²) in [6.07, 6.45) is 3.41. The maximum Gasteiger partial charge on any atom is 0.346 e. The third kappa shape index (κ3) is 2.86. The largest absolute Gasteiger partial charge is 0.346 e. The number of aromatic nitrogens is 1. The molecule has 1 amide bonds. The number of likely N-dealkylation sites (tertiary alicyclic amines) is 1. The van der Waals surface area contributed by atoms with Crippen LogP contribution >= 0.6 is 0 Å². The molecule has 2 aliphatic heterocycles. The molecule has 0 saturated carbocycles. The first-order chi connectivity index (χ1) is 15.3. The summed E-state index contributed by atoms with van der Waals surface area (Å²) >= 11 is 0. The summed E-state index contributed by atoms with van der Waals surface area (Å²) in [5.74, 6) is 0.306. The molecule has 0 unspecified atom stereocenters. The molecular formula is C27H28N3O+. The van der Waals surface area contributed by atoms with Gasteiger partial charge in [-0.2, -0.15) is 0 Å². The highest BCUT2D eigenvalue weighted by molar-refractivity contribution is 6.09. The van der Waals surface area contributed by atoms with Gasteiger partial charge < -0.3 is 9.88 Å². The summed E-state index contributed by atoms with van der Waals surface area (Å²) < 4.78 is 2.95. The summed E-state index contributed by atoms with van der Waals surface area (Å²) in [5.41, 5.74) is 4.34. The number of quaternary nitrogens is 1. The number of benzene rings is 3. The minimum absolute atomic E-state index is 0.306. The molecule has 0 bridgehead atoms. The van der Waals surface area contributed by atoms with Gasteiger partial charge in [0.25, 0.3) is 0 Å². The van der Waals surface area contributed by atoms with E-state index in [9.17, 15) is 4.79 Å². The van der Waals surface area contributed by atoms with E-state index in [0.717, 1.165) is 56.7 Å². The van der Waals surface area contributed by atoms with Gasteiger partial charge in [0, 0.05) is 48.8 Å². The Balaban J connectivity index is 1.42. The van der Waals surface area contributed by atoms with Crippen molar-refractivity contribution in [1.29, 1.82) is 0 Å². The number of nitrogens with one attached hydrogen (secondary N) is 1. The van der Waals surface area contributed by atoms with E-state index in [-0.39, 0.29) is 0 Å². The highest BCUT2D eigenvalue weighted by Crippen LogP contribution is 2.33. The monoisotopic (exact) mass is 410 g/mol. The van der Waals surface area contributed by atoms with Gasteiger partial charge in [-0.25, -0.2) is 4.79 Å². The van der Waals surface area contributed by atoms with Crippen LogP contribution in [0.1, 0.15) is 29.6 Å².